The molecular weight excluding hydrogens is 475 g/mol. The summed E-state index contributed by atoms with van der Waals surface area (Å²) in [6.07, 6.45) is 0. The molecule has 0 spiro atoms. The van der Waals surface area contributed by atoms with Crippen LogP contribution in [-0.4, -0.2) is 40.8 Å². The molecule has 3 aromatic rings. The number of azo groups is 1. The van der Waals surface area contributed by atoms with E-state index in [1.165, 1.54) is 18.2 Å². The summed E-state index contributed by atoms with van der Waals surface area (Å²) in [6, 6.07) is 8.73. The zero-order valence-corrected chi connectivity index (χ0v) is 17.6. The van der Waals surface area contributed by atoms with E-state index in [1.807, 2.05) is 0 Å². The highest BCUT2D eigenvalue weighted by atomic mass is 32.2. The van der Waals surface area contributed by atoms with Crippen LogP contribution in [0, 0.1) is 0 Å². The fraction of sp³-hybridized carbons (Fsp3) is 0. The molecule has 15 heteroatoms. The topological polar surface area (TPSA) is 211 Å². The molecule has 0 amide bonds. The van der Waals surface area contributed by atoms with Gasteiger partial charge in [-0.3, -0.25) is 13.7 Å². The van der Waals surface area contributed by atoms with Crippen molar-refractivity contribution in [3.63, 3.8) is 0 Å². The standard InChI is InChI=1S/C16H13N2O10PS2/c19-16-14(31(26,27)28)8-9-7-10(30(23,24)25)5-6-11(9)15(16)18-17-12-3-1-2-4-13(12)29(20,21)22/h1-8,19H,(H2,20,21,22)(H,23,24,25)(H,26,27,28). The van der Waals surface area contributed by atoms with E-state index in [4.69, 9.17) is 0 Å². The number of rotatable bonds is 5. The predicted molar refractivity (Wildman–Crippen MR) is 108 cm³/mol. The van der Waals surface area contributed by atoms with Gasteiger partial charge in [0.15, 0.2) is 5.75 Å². The Morgan fingerprint density at radius 3 is 2.06 bits per heavy atom. The first-order valence-electron chi connectivity index (χ1n) is 8.01. The normalized spacial score (nSPS) is 13.2. The highest BCUT2D eigenvalue weighted by molar-refractivity contribution is 7.86. The zero-order valence-electron chi connectivity index (χ0n) is 15.1. The van der Waals surface area contributed by atoms with Crippen LogP contribution in [0.1, 0.15) is 0 Å². The van der Waals surface area contributed by atoms with Crippen molar-refractivity contribution in [2.45, 2.75) is 9.79 Å². The number of hydrogen-bond donors (Lipinski definition) is 5. The monoisotopic (exact) mass is 488 g/mol. The van der Waals surface area contributed by atoms with Gasteiger partial charge in [0.25, 0.3) is 20.2 Å². The summed E-state index contributed by atoms with van der Waals surface area (Å²) in [7, 11) is -14.4. The van der Waals surface area contributed by atoms with Gasteiger partial charge in [-0.15, -0.1) is 10.2 Å². The molecule has 0 fully saturated rings. The molecule has 12 nitrogen and oxygen atoms in total. The molecular formula is C16H13N2O10PS2. The Labute approximate surface area is 175 Å². The van der Waals surface area contributed by atoms with E-state index >= 15 is 0 Å². The van der Waals surface area contributed by atoms with Gasteiger partial charge in [-0.1, -0.05) is 18.2 Å². The van der Waals surface area contributed by atoms with Crippen molar-refractivity contribution in [3.8, 4) is 5.75 Å². The van der Waals surface area contributed by atoms with Crippen LogP contribution in [0.15, 0.2) is 68.6 Å². The second-order valence-corrected chi connectivity index (χ2v) is 10.5. The van der Waals surface area contributed by atoms with Crippen molar-refractivity contribution in [2.24, 2.45) is 10.2 Å². The molecule has 0 radical (unpaired) electrons. The van der Waals surface area contributed by atoms with Crippen LogP contribution in [-0.2, 0) is 24.8 Å². The van der Waals surface area contributed by atoms with Crippen LogP contribution in [0.4, 0.5) is 11.4 Å². The average Bonchev–Trinajstić information content (AvgIpc) is 2.64. The van der Waals surface area contributed by atoms with Gasteiger partial charge < -0.3 is 14.9 Å². The van der Waals surface area contributed by atoms with Gasteiger partial charge in [-0.25, -0.2) is 0 Å². The van der Waals surface area contributed by atoms with Gasteiger partial charge >= 0.3 is 7.60 Å². The summed E-state index contributed by atoms with van der Waals surface area (Å²) >= 11 is 0. The number of phenolic OH excluding ortho intramolecular Hbond substituents is 1. The molecule has 164 valence electrons. The van der Waals surface area contributed by atoms with Crippen molar-refractivity contribution >= 4 is 55.3 Å². The first-order chi connectivity index (χ1) is 14.2. The molecule has 0 aliphatic carbocycles. The van der Waals surface area contributed by atoms with Crippen molar-refractivity contribution in [3.05, 3.63) is 48.5 Å². The molecule has 0 atom stereocenters. The number of aromatic hydroxyl groups is 1. The predicted octanol–water partition coefficient (Wildman–Crippen LogP) is 2.26. The lowest BCUT2D eigenvalue weighted by molar-refractivity contribution is 0.387. The van der Waals surface area contributed by atoms with Crippen LogP contribution >= 0.6 is 7.60 Å². The SMILES string of the molecule is O=P(O)(O)c1ccccc1N=Nc1c(O)c(S(=O)(=O)O)cc2cc(S(=O)(=O)O)ccc12. The Hall–Kier alpha value is -2.71. The van der Waals surface area contributed by atoms with Crippen molar-refractivity contribution in [2.75, 3.05) is 0 Å². The largest absolute Gasteiger partial charge is 0.504 e. The number of nitrogens with zero attached hydrogens (tertiary/aromatic N) is 2. The molecule has 0 saturated carbocycles. The maximum atomic E-state index is 11.6. The van der Waals surface area contributed by atoms with Crippen LogP contribution in [0.5, 0.6) is 5.75 Å². The smallest absolute Gasteiger partial charge is 0.358 e. The number of hydrogen-bond acceptors (Lipinski definition) is 8. The molecule has 0 aliphatic rings. The molecule has 0 aliphatic heterocycles. The third-order valence-corrected chi connectivity index (χ3v) is 6.77. The molecule has 3 aromatic carbocycles. The maximum Gasteiger partial charge on any atom is 0.358 e. The van der Waals surface area contributed by atoms with Crippen LogP contribution in [0.3, 0.4) is 0 Å². The number of fused-ring (bicyclic) bond motifs is 1. The second-order valence-electron chi connectivity index (χ2n) is 6.14. The van der Waals surface area contributed by atoms with E-state index < -0.39 is 54.4 Å². The lowest BCUT2D eigenvalue weighted by atomic mass is 10.1. The van der Waals surface area contributed by atoms with Crippen molar-refractivity contribution in [1.29, 1.82) is 0 Å². The molecule has 0 bridgehead atoms. The average molecular weight is 488 g/mol. The fourth-order valence-electron chi connectivity index (χ4n) is 2.69. The number of benzene rings is 3. The third kappa shape index (κ3) is 4.80. The van der Waals surface area contributed by atoms with Gasteiger partial charge in [0.1, 0.15) is 16.3 Å². The minimum Gasteiger partial charge on any atom is -0.504 e. The van der Waals surface area contributed by atoms with E-state index in [0.29, 0.717) is 0 Å². The highest BCUT2D eigenvalue weighted by Gasteiger charge is 2.24. The molecule has 5 N–H and O–H groups in total. The molecule has 0 unspecified atom stereocenters. The third-order valence-electron chi connectivity index (χ3n) is 4.05. The molecule has 31 heavy (non-hydrogen) atoms. The Morgan fingerprint density at radius 1 is 0.839 bits per heavy atom. The summed E-state index contributed by atoms with van der Waals surface area (Å²) in [6.45, 7) is 0. The van der Waals surface area contributed by atoms with E-state index in [2.05, 4.69) is 10.2 Å². The first kappa shape index (κ1) is 23.0. The summed E-state index contributed by atoms with van der Waals surface area (Å²) < 4.78 is 76.2. The van der Waals surface area contributed by atoms with Gasteiger partial charge in [0, 0.05) is 5.39 Å². The van der Waals surface area contributed by atoms with Gasteiger partial charge in [0.05, 0.1) is 10.2 Å². The second kappa shape index (κ2) is 7.76. The lowest BCUT2D eigenvalue weighted by Gasteiger charge is -2.10. The van der Waals surface area contributed by atoms with E-state index in [1.54, 1.807) is 0 Å². The molecule has 0 saturated heterocycles. The summed E-state index contributed by atoms with van der Waals surface area (Å²) in [5.74, 6) is -1.04. The highest BCUT2D eigenvalue weighted by Crippen LogP contribution is 2.43. The molecule has 3 rings (SSSR count). The quantitative estimate of drug-likeness (QED) is 0.201. The van der Waals surface area contributed by atoms with Gasteiger partial charge in [-0.05, 0) is 35.7 Å². The minimum atomic E-state index is -5.00. The Balaban J connectivity index is 2.33. The summed E-state index contributed by atoms with van der Waals surface area (Å²) in [5.41, 5.74) is -0.817. The summed E-state index contributed by atoms with van der Waals surface area (Å²) in [5, 5.41) is 17.0. The molecule has 0 aromatic heterocycles. The van der Waals surface area contributed by atoms with Crippen molar-refractivity contribution < 1.29 is 45.4 Å². The lowest BCUT2D eigenvalue weighted by Crippen LogP contribution is -2.03. The van der Waals surface area contributed by atoms with Crippen LogP contribution in [0.2, 0.25) is 0 Å². The van der Waals surface area contributed by atoms with Gasteiger partial charge in [-0.2, -0.15) is 16.8 Å². The fourth-order valence-corrected chi connectivity index (χ4v) is 4.52. The van der Waals surface area contributed by atoms with Crippen LogP contribution < -0.4 is 5.30 Å². The summed E-state index contributed by atoms with van der Waals surface area (Å²) in [4.78, 5) is 17.2. The Bertz CT molecular complexity index is 1490. The van der Waals surface area contributed by atoms with E-state index in [0.717, 1.165) is 30.3 Å². The van der Waals surface area contributed by atoms with E-state index in [-0.39, 0.29) is 16.5 Å². The van der Waals surface area contributed by atoms with E-state index in [9.17, 15) is 45.4 Å². The first-order valence-corrected chi connectivity index (χ1v) is 12.5. The van der Waals surface area contributed by atoms with Crippen molar-refractivity contribution in [1.82, 2.24) is 0 Å². The Kier molecular flexibility index (Phi) is 5.75. The number of phenols is 1. The Morgan fingerprint density at radius 2 is 1.48 bits per heavy atom. The molecule has 0 heterocycles. The minimum absolute atomic E-state index is 0.0327. The van der Waals surface area contributed by atoms with Crippen LogP contribution in [0.25, 0.3) is 10.8 Å². The zero-order chi connectivity index (χ0) is 23.2. The maximum absolute atomic E-state index is 11.6. The van der Waals surface area contributed by atoms with Gasteiger partial charge in [0.2, 0.25) is 0 Å².